The number of rotatable bonds is 7. The largest absolute Gasteiger partial charge is 0.454 e. The van der Waals surface area contributed by atoms with Crippen molar-refractivity contribution in [3.05, 3.63) is 52.0 Å². The van der Waals surface area contributed by atoms with E-state index in [-0.39, 0.29) is 30.7 Å². The lowest BCUT2D eigenvalue weighted by molar-refractivity contribution is -0.137. The number of nitrogens with one attached hydrogen (secondary N) is 2. The molecule has 2 aromatic rings. The van der Waals surface area contributed by atoms with Crippen molar-refractivity contribution in [2.75, 3.05) is 25.2 Å². The molecule has 1 aliphatic rings. The van der Waals surface area contributed by atoms with Crippen molar-refractivity contribution < 1.29 is 31.1 Å². The number of hydrogen-bond acceptors (Lipinski definition) is 6. The number of aromatic nitrogens is 1. The Hall–Kier alpha value is -2.50. The van der Waals surface area contributed by atoms with Crippen LogP contribution in [0.5, 0.6) is 11.5 Å². The van der Waals surface area contributed by atoms with Gasteiger partial charge in [0.15, 0.2) is 11.5 Å². The summed E-state index contributed by atoms with van der Waals surface area (Å²) in [5.74, 6) is 1.14. The van der Waals surface area contributed by atoms with Crippen LogP contribution in [0.4, 0.5) is 19.0 Å². The number of sulfonamides is 1. The third-order valence-electron chi connectivity index (χ3n) is 3.73. The second-order valence-corrected chi connectivity index (χ2v) is 7.89. The van der Waals surface area contributed by atoms with Gasteiger partial charge >= 0.3 is 6.18 Å². The molecule has 0 bridgehead atoms. The number of hydrogen-bond donors (Lipinski definition) is 2. The molecule has 2 heterocycles. The van der Waals surface area contributed by atoms with E-state index in [4.69, 9.17) is 21.1 Å². The predicted octanol–water partition coefficient (Wildman–Crippen LogP) is 3.48. The van der Waals surface area contributed by atoms with E-state index in [0.29, 0.717) is 23.3 Å². The molecule has 1 aromatic heterocycles. The van der Waals surface area contributed by atoms with Crippen LogP contribution in [0.25, 0.3) is 6.08 Å². The molecule has 0 saturated heterocycles. The summed E-state index contributed by atoms with van der Waals surface area (Å²) in [5, 5.41) is 3.45. The van der Waals surface area contributed by atoms with Gasteiger partial charge in [0.2, 0.25) is 16.8 Å². The quantitative estimate of drug-likeness (QED) is 0.629. The number of ether oxygens (including phenoxy) is 2. The molecule has 0 atom stereocenters. The van der Waals surface area contributed by atoms with Gasteiger partial charge in [0.1, 0.15) is 5.82 Å². The maximum absolute atomic E-state index is 12.6. The average Bonchev–Trinajstić information content (AvgIpc) is 3.11. The molecular weight excluding hydrogens is 435 g/mol. The molecule has 1 aliphatic heterocycles. The molecule has 0 amide bonds. The van der Waals surface area contributed by atoms with E-state index in [0.717, 1.165) is 11.5 Å². The maximum Gasteiger partial charge on any atom is 0.417 e. The van der Waals surface area contributed by atoms with Gasteiger partial charge in [0, 0.05) is 24.7 Å². The fourth-order valence-electron chi connectivity index (χ4n) is 2.33. The van der Waals surface area contributed by atoms with Gasteiger partial charge < -0.3 is 14.8 Å². The van der Waals surface area contributed by atoms with Gasteiger partial charge in [-0.3, -0.25) is 0 Å². The van der Waals surface area contributed by atoms with Gasteiger partial charge in [-0.25, -0.2) is 18.1 Å². The van der Waals surface area contributed by atoms with E-state index in [9.17, 15) is 21.6 Å². The second-order valence-electron chi connectivity index (χ2n) is 5.83. The zero-order chi connectivity index (χ0) is 21.1. The fourth-order valence-corrected chi connectivity index (χ4v) is 3.38. The molecule has 0 aliphatic carbocycles. The fraction of sp³-hybridized carbons (Fsp3) is 0.235. The number of anilines is 1. The average molecular weight is 450 g/mol. The number of fused-ring (bicyclic) bond motifs is 1. The van der Waals surface area contributed by atoms with Gasteiger partial charge in [-0.15, -0.1) is 0 Å². The zero-order valence-electron chi connectivity index (χ0n) is 14.7. The van der Waals surface area contributed by atoms with Crippen LogP contribution in [0.2, 0.25) is 5.02 Å². The summed E-state index contributed by atoms with van der Waals surface area (Å²) in [6, 6.07) is 5.75. The first-order chi connectivity index (χ1) is 13.6. The van der Waals surface area contributed by atoms with Crippen LogP contribution in [0.3, 0.4) is 0 Å². The number of pyridine rings is 1. The summed E-state index contributed by atoms with van der Waals surface area (Å²) in [5.41, 5.74) is -0.360. The lowest BCUT2D eigenvalue weighted by Crippen LogP contribution is -2.27. The van der Waals surface area contributed by atoms with Crippen molar-refractivity contribution >= 4 is 33.5 Å². The van der Waals surface area contributed by atoms with Crippen molar-refractivity contribution in [3.63, 3.8) is 0 Å². The minimum Gasteiger partial charge on any atom is -0.454 e. The Labute approximate surface area is 169 Å². The van der Waals surface area contributed by atoms with Gasteiger partial charge in [-0.2, -0.15) is 13.2 Å². The molecule has 1 aromatic carbocycles. The summed E-state index contributed by atoms with van der Waals surface area (Å²) < 4.78 is 74.5. The van der Waals surface area contributed by atoms with Gasteiger partial charge in [0.25, 0.3) is 0 Å². The van der Waals surface area contributed by atoms with Crippen molar-refractivity contribution in [3.8, 4) is 11.5 Å². The molecule has 0 spiro atoms. The molecule has 3 rings (SSSR count). The maximum atomic E-state index is 12.6. The van der Waals surface area contributed by atoms with Crippen molar-refractivity contribution in [1.82, 2.24) is 9.71 Å². The Morgan fingerprint density at radius 2 is 1.93 bits per heavy atom. The predicted molar refractivity (Wildman–Crippen MR) is 101 cm³/mol. The third kappa shape index (κ3) is 5.75. The Morgan fingerprint density at radius 1 is 1.17 bits per heavy atom. The highest BCUT2D eigenvalue weighted by atomic mass is 35.5. The summed E-state index contributed by atoms with van der Waals surface area (Å²) in [4.78, 5) is 3.61. The Balaban J connectivity index is 1.51. The first-order valence-corrected chi connectivity index (χ1v) is 10.1. The molecule has 2 N–H and O–H groups in total. The number of nitrogens with zero attached hydrogens (tertiary/aromatic N) is 1. The molecule has 156 valence electrons. The molecule has 0 radical (unpaired) electrons. The Kier molecular flexibility index (Phi) is 6.20. The van der Waals surface area contributed by atoms with E-state index < -0.39 is 21.8 Å². The third-order valence-corrected chi connectivity index (χ3v) is 5.11. The van der Waals surface area contributed by atoms with Gasteiger partial charge in [-0.05, 0) is 29.8 Å². The van der Waals surface area contributed by atoms with E-state index in [1.165, 1.54) is 6.08 Å². The van der Waals surface area contributed by atoms with Crippen LogP contribution in [0.1, 0.15) is 11.1 Å². The highest BCUT2D eigenvalue weighted by Gasteiger charge is 2.31. The molecule has 12 heteroatoms. The number of halogens is 4. The molecule has 0 fully saturated rings. The molecule has 0 saturated carbocycles. The van der Waals surface area contributed by atoms with Crippen LogP contribution < -0.4 is 19.5 Å². The number of benzene rings is 1. The minimum absolute atomic E-state index is 0.0229. The van der Waals surface area contributed by atoms with Crippen LogP contribution >= 0.6 is 11.6 Å². The van der Waals surface area contributed by atoms with E-state index in [1.807, 2.05) is 0 Å². The normalized spacial score (nSPS) is 13.8. The van der Waals surface area contributed by atoms with E-state index >= 15 is 0 Å². The van der Waals surface area contributed by atoms with Crippen LogP contribution in [-0.2, 0) is 16.2 Å². The molecule has 7 nitrogen and oxygen atoms in total. The summed E-state index contributed by atoms with van der Waals surface area (Å²) in [6.45, 7) is 0.148. The number of alkyl halides is 3. The monoisotopic (exact) mass is 449 g/mol. The molecule has 0 unspecified atom stereocenters. The zero-order valence-corrected chi connectivity index (χ0v) is 16.2. The smallest absolute Gasteiger partial charge is 0.417 e. The molecular formula is C17H15ClF3N3O4S. The Bertz CT molecular complexity index is 1030. The summed E-state index contributed by atoms with van der Waals surface area (Å²) in [7, 11) is -3.73. The van der Waals surface area contributed by atoms with Gasteiger partial charge in [-0.1, -0.05) is 17.7 Å². The highest BCUT2D eigenvalue weighted by Crippen LogP contribution is 2.33. The Morgan fingerprint density at radius 3 is 2.66 bits per heavy atom. The van der Waals surface area contributed by atoms with Crippen LogP contribution in [0, 0.1) is 0 Å². The van der Waals surface area contributed by atoms with Crippen molar-refractivity contribution in [1.29, 1.82) is 0 Å². The minimum atomic E-state index is -4.55. The molecule has 29 heavy (non-hydrogen) atoms. The van der Waals surface area contributed by atoms with Crippen LogP contribution in [0.15, 0.2) is 35.9 Å². The van der Waals surface area contributed by atoms with E-state index in [1.54, 1.807) is 18.2 Å². The SMILES string of the molecule is O=S(=O)(/C=C/c1ccc2c(c1)OCO2)NCCNc1ncc(C(F)(F)F)cc1Cl. The standard InChI is InChI=1S/C17H15ClF3N3O4S/c18-13-8-12(17(19,20)21)9-23-16(13)22-4-5-24-29(25,26)6-3-11-1-2-14-15(7-11)28-10-27-14/h1-3,6-9,24H,4-5,10H2,(H,22,23)/b6-3+. The van der Waals surface area contributed by atoms with E-state index in [2.05, 4.69) is 15.0 Å². The first kappa shape index (κ1) is 21.2. The topological polar surface area (TPSA) is 89.6 Å². The first-order valence-electron chi connectivity index (χ1n) is 8.18. The van der Waals surface area contributed by atoms with Gasteiger partial charge in [0.05, 0.1) is 10.6 Å². The summed E-state index contributed by atoms with van der Waals surface area (Å²) in [6.07, 6.45) is -2.51. The lowest BCUT2D eigenvalue weighted by atomic mass is 10.2. The summed E-state index contributed by atoms with van der Waals surface area (Å²) >= 11 is 5.77. The van der Waals surface area contributed by atoms with Crippen molar-refractivity contribution in [2.45, 2.75) is 6.18 Å². The lowest BCUT2D eigenvalue weighted by Gasteiger charge is -2.11. The highest BCUT2D eigenvalue weighted by molar-refractivity contribution is 7.92. The van der Waals surface area contributed by atoms with Crippen LogP contribution in [-0.4, -0.2) is 33.3 Å². The van der Waals surface area contributed by atoms with Crippen molar-refractivity contribution in [2.24, 2.45) is 0 Å². The second kappa shape index (κ2) is 8.47.